The number of aryl methyl sites for hydroxylation is 1. The molecule has 4 aromatic rings. The molecule has 6 nitrogen and oxygen atoms in total. The van der Waals surface area contributed by atoms with Crippen LogP contribution in [0.2, 0.25) is 0 Å². The molecular formula is C20H17N5OS. The third-order valence-electron chi connectivity index (χ3n) is 4.10. The Morgan fingerprint density at radius 2 is 1.74 bits per heavy atom. The van der Waals surface area contributed by atoms with E-state index in [0.717, 1.165) is 27.3 Å². The molecule has 2 heterocycles. The maximum absolute atomic E-state index is 13.1. The summed E-state index contributed by atoms with van der Waals surface area (Å²) in [5, 5.41) is 8.34. The third kappa shape index (κ3) is 3.68. The summed E-state index contributed by atoms with van der Waals surface area (Å²) in [6.45, 7) is 0. The van der Waals surface area contributed by atoms with E-state index in [0.29, 0.717) is 0 Å². The number of nitrogens with zero attached hydrogens (tertiary/aromatic N) is 4. The highest BCUT2D eigenvalue weighted by Crippen LogP contribution is 2.37. The fraction of sp³-hybridized carbons (Fsp3) is 0.100. The smallest absolute Gasteiger partial charge is 0.242 e. The van der Waals surface area contributed by atoms with Crippen molar-refractivity contribution in [1.29, 1.82) is 0 Å². The molecule has 0 aliphatic rings. The maximum Gasteiger partial charge on any atom is 0.242 e. The van der Waals surface area contributed by atoms with E-state index in [1.54, 1.807) is 10.9 Å². The number of rotatable bonds is 5. The van der Waals surface area contributed by atoms with Gasteiger partial charge in [-0.15, -0.1) is 0 Å². The molecule has 0 aliphatic carbocycles. The Morgan fingerprint density at radius 3 is 2.48 bits per heavy atom. The summed E-state index contributed by atoms with van der Waals surface area (Å²) in [5.41, 5.74) is 2.41. The van der Waals surface area contributed by atoms with Crippen LogP contribution in [-0.2, 0) is 11.8 Å². The van der Waals surface area contributed by atoms with Crippen molar-refractivity contribution in [2.75, 3.05) is 5.32 Å². The van der Waals surface area contributed by atoms with Gasteiger partial charge in [0.2, 0.25) is 5.91 Å². The lowest BCUT2D eigenvalue weighted by molar-refractivity contribution is -0.115. The molecule has 4 rings (SSSR count). The van der Waals surface area contributed by atoms with Gasteiger partial charge in [0.25, 0.3) is 0 Å². The molecular weight excluding hydrogens is 358 g/mol. The predicted octanol–water partition coefficient (Wildman–Crippen LogP) is 3.84. The highest BCUT2D eigenvalue weighted by Gasteiger charge is 2.24. The van der Waals surface area contributed by atoms with Gasteiger partial charge in [-0.3, -0.25) is 9.48 Å². The van der Waals surface area contributed by atoms with E-state index in [-0.39, 0.29) is 5.91 Å². The van der Waals surface area contributed by atoms with Gasteiger partial charge in [-0.05, 0) is 17.7 Å². The Labute approximate surface area is 160 Å². The van der Waals surface area contributed by atoms with Crippen molar-refractivity contribution in [2.24, 2.45) is 7.05 Å². The molecule has 7 heteroatoms. The van der Waals surface area contributed by atoms with Gasteiger partial charge in [0.1, 0.15) is 16.6 Å². The van der Waals surface area contributed by atoms with Crippen molar-refractivity contribution in [3.63, 3.8) is 0 Å². The van der Waals surface area contributed by atoms with Gasteiger partial charge in [0, 0.05) is 12.7 Å². The number of hydrogen-bond donors (Lipinski definition) is 1. The molecule has 0 fully saturated rings. The molecule has 2 aromatic carbocycles. The topological polar surface area (TPSA) is 72.7 Å². The van der Waals surface area contributed by atoms with E-state index in [9.17, 15) is 4.79 Å². The molecule has 0 saturated carbocycles. The average molecular weight is 375 g/mol. The van der Waals surface area contributed by atoms with Crippen molar-refractivity contribution >= 4 is 34.4 Å². The van der Waals surface area contributed by atoms with Gasteiger partial charge in [0.05, 0.1) is 11.6 Å². The number of para-hydroxylation sites is 1. The molecule has 0 bridgehead atoms. The minimum absolute atomic E-state index is 0.104. The van der Waals surface area contributed by atoms with Crippen LogP contribution in [-0.4, -0.2) is 25.7 Å². The second-order valence-corrected chi connectivity index (χ2v) is 7.04. The van der Waals surface area contributed by atoms with Crippen molar-refractivity contribution < 1.29 is 4.79 Å². The van der Waals surface area contributed by atoms with Crippen LogP contribution in [0.3, 0.4) is 0 Å². The maximum atomic E-state index is 13.1. The van der Waals surface area contributed by atoms with Crippen molar-refractivity contribution in [1.82, 2.24) is 19.7 Å². The number of nitrogens with one attached hydrogen (secondary N) is 1. The molecule has 1 amide bonds. The monoisotopic (exact) mass is 375 g/mol. The Bertz CT molecular complexity index is 1070. The molecule has 27 heavy (non-hydrogen) atoms. The summed E-state index contributed by atoms with van der Waals surface area (Å²) in [6.07, 6.45) is 3.23. The number of thioether (sulfide) groups is 1. The van der Waals surface area contributed by atoms with Gasteiger partial charge in [-0.1, -0.05) is 60.3 Å². The Balaban J connectivity index is 1.69. The third-order valence-corrected chi connectivity index (χ3v) is 5.37. The zero-order valence-corrected chi connectivity index (χ0v) is 15.4. The van der Waals surface area contributed by atoms with Crippen LogP contribution < -0.4 is 5.32 Å². The number of carbonyl (C=O) groups is 1. The van der Waals surface area contributed by atoms with Gasteiger partial charge < -0.3 is 5.32 Å². The molecule has 1 atom stereocenters. The zero-order chi connectivity index (χ0) is 18.6. The minimum atomic E-state index is -0.454. The molecule has 2 aromatic heterocycles. The number of hydrogen-bond acceptors (Lipinski definition) is 5. The first-order chi connectivity index (χ1) is 13.2. The van der Waals surface area contributed by atoms with Crippen LogP contribution >= 0.6 is 11.8 Å². The Morgan fingerprint density at radius 1 is 1.04 bits per heavy atom. The molecule has 0 radical (unpaired) electrons. The normalized spacial score (nSPS) is 12.0. The molecule has 1 N–H and O–H groups in total. The predicted molar refractivity (Wildman–Crippen MR) is 106 cm³/mol. The second-order valence-electron chi connectivity index (χ2n) is 5.95. The highest BCUT2D eigenvalue weighted by molar-refractivity contribution is 8.00. The number of aromatic nitrogens is 4. The minimum Gasteiger partial charge on any atom is -0.325 e. The summed E-state index contributed by atoms with van der Waals surface area (Å²) in [7, 11) is 1.83. The quantitative estimate of drug-likeness (QED) is 0.424. The zero-order valence-electron chi connectivity index (χ0n) is 14.6. The molecule has 0 spiro atoms. The number of fused-ring (bicyclic) bond motifs is 1. The van der Waals surface area contributed by atoms with E-state index < -0.39 is 5.25 Å². The van der Waals surface area contributed by atoms with Crippen LogP contribution in [0.4, 0.5) is 5.69 Å². The number of amides is 1. The van der Waals surface area contributed by atoms with Crippen molar-refractivity contribution in [3.05, 3.63) is 78.8 Å². The lowest BCUT2D eigenvalue weighted by atomic mass is 10.1. The van der Waals surface area contributed by atoms with Crippen LogP contribution in [0, 0.1) is 0 Å². The summed E-state index contributed by atoms with van der Waals surface area (Å²) < 4.78 is 1.70. The summed E-state index contributed by atoms with van der Waals surface area (Å²) in [5.74, 6) is -0.104. The Hall–Kier alpha value is -3.19. The van der Waals surface area contributed by atoms with Crippen LogP contribution in [0.1, 0.15) is 10.8 Å². The fourth-order valence-electron chi connectivity index (χ4n) is 2.78. The Kier molecular flexibility index (Phi) is 4.84. The summed E-state index contributed by atoms with van der Waals surface area (Å²) >= 11 is 1.40. The molecule has 1 unspecified atom stereocenters. The first-order valence-electron chi connectivity index (χ1n) is 8.42. The van der Waals surface area contributed by atoms with E-state index in [4.69, 9.17) is 0 Å². The van der Waals surface area contributed by atoms with Crippen LogP contribution in [0.15, 0.2) is 78.2 Å². The first kappa shape index (κ1) is 17.2. The van der Waals surface area contributed by atoms with Crippen molar-refractivity contribution in [2.45, 2.75) is 10.3 Å². The largest absolute Gasteiger partial charge is 0.325 e. The SMILES string of the molecule is Cn1ncc2c(SC(C(=O)Nc3ccccc3)c3ccccc3)ncnc21. The van der Waals surface area contributed by atoms with E-state index >= 15 is 0 Å². The van der Waals surface area contributed by atoms with Crippen LogP contribution in [0.5, 0.6) is 0 Å². The number of anilines is 1. The van der Waals surface area contributed by atoms with E-state index in [1.165, 1.54) is 18.1 Å². The van der Waals surface area contributed by atoms with Gasteiger partial charge >= 0.3 is 0 Å². The summed E-state index contributed by atoms with van der Waals surface area (Å²) in [4.78, 5) is 21.7. The van der Waals surface area contributed by atoms with Crippen LogP contribution in [0.25, 0.3) is 11.0 Å². The lowest BCUT2D eigenvalue weighted by Gasteiger charge is -2.17. The lowest BCUT2D eigenvalue weighted by Crippen LogP contribution is -2.19. The standard InChI is InChI=1S/C20H17N5OS/c1-25-18-16(12-23-25)20(22-13-21-18)27-17(14-8-4-2-5-9-14)19(26)24-15-10-6-3-7-11-15/h2-13,17H,1H3,(H,24,26). The van der Waals surface area contributed by atoms with Gasteiger partial charge in [0.15, 0.2) is 5.65 Å². The molecule has 0 aliphatic heterocycles. The fourth-order valence-corrected chi connectivity index (χ4v) is 3.84. The van der Waals surface area contributed by atoms with E-state index in [2.05, 4.69) is 20.4 Å². The summed E-state index contributed by atoms with van der Waals surface area (Å²) in [6, 6.07) is 19.1. The van der Waals surface area contributed by atoms with Crippen molar-refractivity contribution in [3.8, 4) is 0 Å². The molecule has 134 valence electrons. The van der Waals surface area contributed by atoms with Gasteiger partial charge in [-0.25, -0.2) is 9.97 Å². The first-order valence-corrected chi connectivity index (χ1v) is 9.30. The second kappa shape index (κ2) is 7.59. The number of benzene rings is 2. The van der Waals surface area contributed by atoms with E-state index in [1.807, 2.05) is 67.7 Å². The van der Waals surface area contributed by atoms with Gasteiger partial charge in [-0.2, -0.15) is 5.10 Å². The molecule has 0 saturated heterocycles. The average Bonchev–Trinajstić information content (AvgIpc) is 3.09. The number of carbonyl (C=O) groups excluding carboxylic acids is 1. The highest BCUT2D eigenvalue weighted by atomic mass is 32.2.